The molecule has 1 saturated heterocycles. The van der Waals surface area contributed by atoms with Gasteiger partial charge in [0.15, 0.2) is 23.8 Å². The van der Waals surface area contributed by atoms with E-state index in [-0.39, 0.29) is 25.0 Å². The van der Waals surface area contributed by atoms with E-state index in [2.05, 4.69) is 5.32 Å². The molecule has 10 heteroatoms. The number of nitrogens with one attached hydrogen (secondary N) is 2. The molecule has 0 bridgehead atoms. The van der Waals surface area contributed by atoms with Gasteiger partial charge in [0, 0.05) is 17.3 Å². The molecular weight excluding hydrogens is 427 g/mol. The Kier molecular flexibility index (Phi) is 5.96. The SMILES string of the molecule is CC(=O)c1cc2c(cc1NC(=O)C[NH+]1CCN(c3cccc(C(F)(F)F)c3)CC1)OCO2. The minimum atomic E-state index is -4.38. The number of amides is 1. The number of ether oxygens (including phenoxy) is 2. The number of hydrogen-bond acceptors (Lipinski definition) is 5. The van der Waals surface area contributed by atoms with Crippen molar-refractivity contribution in [1.82, 2.24) is 0 Å². The van der Waals surface area contributed by atoms with E-state index in [1.165, 1.54) is 13.0 Å². The summed E-state index contributed by atoms with van der Waals surface area (Å²) in [5.41, 5.74) is 0.560. The van der Waals surface area contributed by atoms with Crippen molar-refractivity contribution in [2.24, 2.45) is 0 Å². The highest BCUT2D eigenvalue weighted by atomic mass is 19.4. The van der Waals surface area contributed by atoms with E-state index < -0.39 is 11.7 Å². The lowest BCUT2D eigenvalue weighted by Crippen LogP contribution is -3.15. The Morgan fingerprint density at radius 2 is 1.78 bits per heavy atom. The fourth-order valence-electron chi connectivity index (χ4n) is 3.89. The lowest BCUT2D eigenvalue weighted by atomic mass is 10.1. The van der Waals surface area contributed by atoms with Gasteiger partial charge in [-0.2, -0.15) is 13.2 Å². The molecule has 7 nitrogen and oxygen atoms in total. The Balaban J connectivity index is 1.35. The van der Waals surface area contributed by atoms with Gasteiger partial charge >= 0.3 is 6.18 Å². The van der Waals surface area contributed by atoms with E-state index in [9.17, 15) is 22.8 Å². The lowest BCUT2D eigenvalue weighted by molar-refractivity contribution is -0.892. The topological polar surface area (TPSA) is 72.3 Å². The molecular formula is C22H23F3N3O4+. The molecule has 2 aliphatic rings. The standard InChI is InChI=1S/C22H22F3N3O4/c1-14(29)17-10-19-20(32-13-31-19)11-18(17)26-21(30)12-27-5-7-28(8-6-27)16-4-2-3-15(9-16)22(23,24)25/h2-4,9-11H,5-8,12-13H2,1H3,(H,26,30)/p+1. The number of fused-ring (bicyclic) bond motifs is 1. The highest BCUT2D eigenvalue weighted by molar-refractivity contribution is 6.04. The summed E-state index contributed by atoms with van der Waals surface area (Å²) in [7, 11) is 0. The third-order valence-corrected chi connectivity index (χ3v) is 5.59. The molecule has 2 aliphatic heterocycles. The summed E-state index contributed by atoms with van der Waals surface area (Å²) in [6, 6.07) is 8.42. The number of anilines is 2. The number of benzene rings is 2. The Morgan fingerprint density at radius 1 is 1.09 bits per heavy atom. The predicted octanol–water partition coefficient (Wildman–Crippen LogP) is 1.98. The second-order valence-electron chi connectivity index (χ2n) is 7.82. The Hall–Kier alpha value is -3.27. The summed E-state index contributed by atoms with van der Waals surface area (Å²) in [6.45, 7) is 3.92. The normalized spacial score (nSPS) is 16.2. The van der Waals surface area contributed by atoms with Gasteiger partial charge < -0.3 is 24.6 Å². The van der Waals surface area contributed by atoms with Crippen LogP contribution in [0.4, 0.5) is 24.5 Å². The van der Waals surface area contributed by atoms with Crippen LogP contribution >= 0.6 is 0 Å². The maximum atomic E-state index is 13.0. The second kappa shape index (κ2) is 8.70. The van der Waals surface area contributed by atoms with Crippen molar-refractivity contribution in [1.29, 1.82) is 0 Å². The van der Waals surface area contributed by atoms with E-state index in [1.54, 1.807) is 18.2 Å². The van der Waals surface area contributed by atoms with Crippen LogP contribution in [0.1, 0.15) is 22.8 Å². The number of halogens is 3. The molecule has 0 aromatic heterocycles. The van der Waals surface area contributed by atoms with E-state index in [0.29, 0.717) is 54.6 Å². The maximum Gasteiger partial charge on any atom is 0.416 e. The molecule has 0 aliphatic carbocycles. The van der Waals surface area contributed by atoms with Gasteiger partial charge in [0.2, 0.25) is 6.79 Å². The summed E-state index contributed by atoms with van der Waals surface area (Å²) in [6.07, 6.45) is -4.38. The summed E-state index contributed by atoms with van der Waals surface area (Å²) >= 11 is 0. The fraction of sp³-hybridized carbons (Fsp3) is 0.364. The Labute approximate surface area is 182 Å². The van der Waals surface area contributed by atoms with Crippen LogP contribution in [0.25, 0.3) is 0 Å². The number of piperazine rings is 1. The van der Waals surface area contributed by atoms with Gasteiger partial charge in [-0.15, -0.1) is 0 Å². The number of carbonyl (C=O) groups excluding carboxylic acids is 2. The molecule has 32 heavy (non-hydrogen) atoms. The van der Waals surface area contributed by atoms with Gasteiger partial charge in [-0.1, -0.05) is 6.07 Å². The summed E-state index contributed by atoms with van der Waals surface area (Å²) < 4.78 is 49.5. The molecule has 0 radical (unpaired) electrons. The van der Waals surface area contributed by atoms with Gasteiger partial charge in [-0.25, -0.2) is 0 Å². The van der Waals surface area contributed by atoms with Crippen molar-refractivity contribution in [3.05, 3.63) is 47.5 Å². The van der Waals surface area contributed by atoms with Gasteiger partial charge in [-0.05, 0) is 31.2 Å². The number of rotatable bonds is 5. The predicted molar refractivity (Wildman–Crippen MR) is 110 cm³/mol. The first kappa shape index (κ1) is 21.9. The third kappa shape index (κ3) is 4.80. The average molecular weight is 450 g/mol. The van der Waals surface area contributed by atoms with E-state index in [1.807, 2.05) is 4.90 Å². The highest BCUT2D eigenvalue weighted by Crippen LogP contribution is 2.37. The van der Waals surface area contributed by atoms with Gasteiger partial charge in [0.05, 0.1) is 37.4 Å². The number of hydrogen-bond donors (Lipinski definition) is 2. The maximum absolute atomic E-state index is 13.0. The third-order valence-electron chi connectivity index (χ3n) is 5.59. The summed E-state index contributed by atoms with van der Waals surface area (Å²) in [4.78, 5) is 27.5. The number of alkyl halides is 3. The molecule has 1 fully saturated rings. The molecule has 0 saturated carbocycles. The fourth-order valence-corrected chi connectivity index (χ4v) is 3.89. The smallest absolute Gasteiger partial charge is 0.416 e. The first-order chi connectivity index (χ1) is 15.2. The first-order valence-corrected chi connectivity index (χ1v) is 10.2. The van der Waals surface area contributed by atoms with Crippen LogP contribution in [0.15, 0.2) is 36.4 Å². The molecule has 0 spiro atoms. The number of ketones is 1. The van der Waals surface area contributed by atoms with Crippen LogP contribution in [0.2, 0.25) is 0 Å². The molecule has 1 amide bonds. The van der Waals surface area contributed by atoms with Crippen molar-refractivity contribution >= 4 is 23.1 Å². The first-order valence-electron chi connectivity index (χ1n) is 10.2. The zero-order chi connectivity index (χ0) is 22.9. The molecule has 2 aromatic rings. The highest BCUT2D eigenvalue weighted by Gasteiger charge is 2.31. The van der Waals surface area contributed by atoms with Crippen molar-refractivity contribution < 1.29 is 37.1 Å². The monoisotopic (exact) mass is 450 g/mol. The van der Waals surface area contributed by atoms with Crippen LogP contribution in [-0.2, 0) is 11.0 Å². The summed E-state index contributed by atoms with van der Waals surface area (Å²) in [5.74, 6) is 0.464. The molecule has 170 valence electrons. The van der Waals surface area contributed by atoms with Crippen LogP contribution in [0, 0.1) is 0 Å². The van der Waals surface area contributed by atoms with E-state index in [0.717, 1.165) is 17.0 Å². The van der Waals surface area contributed by atoms with Crippen LogP contribution < -0.4 is 24.6 Å². The Bertz CT molecular complexity index is 1030. The Morgan fingerprint density at radius 3 is 2.44 bits per heavy atom. The van der Waals surface area contributed by atoms with Crippen molar-refractivity contribution in [3.63, 3.8) is 0 Å². The van der Waals surface area contributed by atoms with Crippen molar-refractivity contribution in [3.8, 4) is 11.5 Å². The van der Waals surface area contributed by atoms with Gasteiger partial charge in [0.25, 0.3) is 5.91 Å². The van der Waals surface area contributed by atoms with E-state index in [4.69, 9.17) is 9.47 Å². The average Bonchev–Trinajstić information content (AvgIpc) is 3.20. The zero-order valence-corrected chi connectivity index (χ0v) is 17.4. The lowest BCUT2D eigenvalue weighted by Gasteiger charge is -2.33. The van der Waals surface area contributed by atoms with Crippen LogP contribution in [0.3, 0.4) is 0 Å². The molecule has 0 atom stereocenters. The molecule has 4 rings (SSSR count). The van der Waals surface area contributed by atoms with Gasteiger partial charge in [-0.3, -0.25) is 9.59 Å². The van der Waals surface area contributed by atoms with Crippen LogP contribution in [-0.4, -0.2) is 51.2 Å². The largest absolute Gasteiger partial charge is 0.454 e. The van der Waals surface area contributed by atoms with Gasteiger partial charge in [0.1, 0.15) is 0 Å². The minimum Gasteiger partial charge on any atom is -0.454 e. The van der Waals surface area contributed by atoms with E-state index >= 15 is 0 Å². The second-order valence-corrected chi connectivity index (χ2v) is 7.82. The number of carbonyl (C=O) groups is 2. The zero-order valence-electron chi connectivity index (χ0n) is 17.4. The molecule has 2 aromatic carbocycles. The number of quaternary nitrogens is 1. The molecule has 2 heterocycles. The number of nitrogens with zero attached hydrogens (tertiary/aromatic N) is 1. The van der Waals surface area contributed by atoms with Crippen LogP contribution in [0.5, 0.6) is 11.5 Å². The minimum absolute atomic E-state index is 0.0599. The quantitative estimate of drug-likeness (QED) is 0.682. The number of Topliss-reactive ketones (excluding diaryl/α,β-unsaturated/α-hetero) is 1. The summed E-state index contributed by atoms with van der Waals surface area (Å²) in [5, 5.41) is 2.78. The molecule has 0 unspecified atom stereocenters. The molecule has 2 N–H and O–H groups in total. The van der Waals surface area contributed by atoms with Crippen molar-refractivity contribution in [2.45, 2.75) is 13.1 Å². The van der Waals surface area contributed by atoms with Crippen molar-refractivity contribution in [2.75, 3.05) is 49.7 Å².